The SMILES string of the molecule is NCC1CCCC1COc1nnc(C(F)(F)F)s1. The second kappa shape index (κ2) is 5.40. The normalized spacial score (nSPS) is 24.4. The molecule has 1 heterocycles. The Hall–Kier alpha value is -0.890. The Morgan fingerprint density at radius 3 is 2.61 bits per heavy atom. The van der Waals surface area contributed by atoms with E-state index in [-0.39, 0.29) is 5.19 Å². The Morgan fingerprint density at radius 2 is 2.00 bits per heavy atom. The van der Waals surface area contributed by atoms with Crippen molar-refractivity contribution in [3.8, 4) is 5.19 Å². The van der Waals surface area contributed by atoms with E-state index in [1.165, 1.54) is 0 Å². The van der Waals surface area contributed by atoms with Crippen LogP contribution in [0.3, 0.4) is 0 Å². The maximum Gasteiger partial charge on any atom is 0.445 e. The molecule has 4 nitrogen and oxygen atoms in total. The highest BCUT2D eigenvalue weighted by Gasteiger charge is 2.36. The lowest BCUT2D eigenvalue weighted by Crippen LogP contribution is -2.23. The van der Waals surface area contributed by atoms with Gasteiger partial charge in [-0.25, -0.2) is 0 Å². The van der Waals surface area contributed by atoms with E-state index in [1.807, 2.05) is 0 Å². The zero-order chi connectivity index (χ0) is 13.2. The summed E-state index contributed by atoms with van der Waals surface area (Å²) in [6.45, 7) is 0.965. The number of alkyl halides is 3. The topological polar surface area (TPSA) is 61.0 Å². The van der Waals surface area contributed by atoms with E-state index >= 15 is 0 Å². The van der Waals surface area contributed by atoms with Crippen LogP contribution in [-0.4, -0.2) is 23.3 Å². The van der Waals surface area contributed by atoms with Gasteiger partial charge in [0.15, 0.2) is 0 Å². The lowest BCUT2D eigenvalue weighted by atomic mass is 9.97. The van der Waals surface area contributed by atoms with Crippen LogP contribution >= 0.6 is 11.3 Å². The second-order valence-electron chi connectivity index (χ2n) is 4.37. The highest BCUT2D eigenvalue weighted by Crippen LogP contribution is 2.35. The van der Waals surface area contributed by atoms with E-state index in [0.29, 0.717) is 36.3 Å². The molecule has 0 radical (unpaired) electrons. The summed E-state index contributed by atoms with van der Waals surface area (Å²) >= 11 is 0.431. The third kappa shape index (κ3) is 3.11. The van der Waals surface area contributed by atoms with Gasteiger partial charge in [-0.05, 0) is 31.2 Å². The van der Waals surface area contributed by atoms with Crippen molar-refractivity contribution < 1.29 is 17.9 Å². The molecule has 2 unspecified atom stereocenters. The Bertz CT molecular complexity index is 396. The molecule has 1 aromatic rings. The van der Waals surface area contributed by atoms with Crippen LogP contribution in [0, 0.1) is 11.8 Å². The van der Waals surface area contributed by atoms with Crippen LogP contribution in [0.1, 0.15) is 24.3 Å². The average Bonchev–Trinajstić information content (AvgIpc) is 2.94. The van der Waals surface area contributed by atoms with Gasteiger partial charge in [0, 0.05) is 0 Å². The van der Waals surface area contributed by atoms with Gasteiger partial charge in [-0.15, -0.1) is 5.10 Å². The number of nitrogens with zero attached hydrogens (tertiary/aromatic N) is 2. The van der Waals surface area contributed by atoms with Gasteiger partial charge >= 0.3 is 6.18 Å². The molecule has 0 spiro atoms. The fraction of sp³-hybridized carbons (Fsp3) is 0.800. The predicted molar refractivity (Wildman–Crippen MR) is 60.3 cm³/mol. The van der Waals surface area contributed by atoms with Crippen molar-refractivity contribution in [2.75, 3.05) is 13.2 Å². The van der Waals surface area contributed by atoms with Gasteiger partial charge in [0.1, 0.15) is 0 Å². The van der Waals surface area contributed by atoms with E-state index in [9.17, 15) is 13.2 Å². The minimum Gasteiger partial charge on any atom is -0.469 e. The van der Waals surface area contributed by atoms with Crippen molar-refractivity contribution in [2.45, 2.75) is 25.4 Å². The largest absolute Gasteiger partial charge is 0.469 e. The molecule has 1 aliphatic rings. The number of hydrogen-bond donors (Lipinski definition) is 1. The third-order valence-electron chi connectivity index (χ3n) is 3.19. The lowest BCUT2D eigenvalue weighted by molar-refractivity contribution is -0.138. The highest BCUT2D eigenvalue weighted by molar-refractivity contribution is 7.13. The fourth-order valence-corrected chi connectivity index (χ4v) is 2.78. The van der Waals surface area contributed by atoms with E-state index in [4.69, 9.17) is 10.5 Å². The fourth-order valence-electron chi connectivity index (χ4n) is 2.20. The summed E-state index contributed by atoms with van der Waals surface area (Å²) in [6, 6.07) is 0. The van der Waals surface area contributed by atoms with Gasteiger partial charge in [0.2, 0.25) is 5.01 Å². The first-order valence-electron chi connectivity index (χ1n) is 5.74. The zero-order valence-corrected chi connectivity index (χ0v) is 10.4. The summed E-state index contributed by atoms with van der Waals surface area (Å²) in [4.78, 5) is 0. The summed E-state index contributed by atoms with van der Waals surface area (Å²) in [5.74, 6) is 0.716. The van der Waals surface area contributed by atoms with Crippen molar-refractivity contribution in [2.24, 2.45) is 17.6 Å². The molecule has 1 aliphatic carbocycles. The summed E-state index contributed by atoms with van der Waals surface area (Å²) in [5, 5.41) is 5.46. The van der Waals surface area contributed by atoms with Crippen LogP contribution < -0.4 is 10.5 Å². The molecule has 2 rings (SSSR count). The molecule has 1 aromatic heterocycles. The third-order valence-corrected chi connectivity index (χ3v) is 4.07. The van der Waals surface area contributed by atoms with Crippen molar-refractivity contribution in [1.29, 1.82) is 0 Å². The maximum atomic E-state index is 12.3. The van der Waals surface area contributed by atoms with Gasteiger partial charge in [-0.2, -0.15) is 13.2 Å². The van der Waals surface area contributed by atoms with Gasteiger partial charge < -0.3 is 10.5 Å². The first kappa shape index (κ1) is 13.5. The van der Waals surface area contributed by atoms with Crippen LogP contribution in [0.4, 0.5) is 13.2 Å². The molecule has 18 heavy (non-hydrogen) atoms. The molecule has 0 amide bonds. The molecule has 8 heteroatoms. The number of nitrogens with two attached hydrogens (primary N) is 1. The van der Waals surface area contributed by atoms with Gasteiger partial charge in [0.25, 0.3) is 5.19 Å². The van der Waals surface area contributed by atoms with Gasteiger partial charge in [-0.1, -0.05) is 22.9 Å². The second-order valence-corrected chi connectivity index (χ2v) is 5.31. The standard InChI is InChI=1S/C10H14F3N3OS/c11-10(12,13)8-15-16-9(18-8)17-5-7-3-1-2-6(7)4-14/h6-7H,1-5,14H2. The molecular formula is C10H14F3N3OS. The van der Waals surface area contributed by atoms with Crippen LogP contribution in [-0.2, 0) is 6.18 Å². The van der Waals surface area contributed by atoms with Crippen molar-refractivity contribution in [3.05, 3.63) is 5.01 Å². The maximum absolute atomic E-state index is 12.3. The summed E-state index contributed by atoms with van der Waals surface area (Å²) in [6.07, 6.45) is -1.28. The molecule has 102 valence electrons. The molecular weight excluding hydrogens is 267 g/mol. The zero-order valence-electron chi connectivity index (χ0n) is 9.61. The Kier molecular flexibility index (Phi) is 4.06. The number of halogens is 3. The molecule has 2 N–H and O–H groups in total. The minimum absolute atomic E-state index is 0.0232. The molecule has 2 atom stereocenters. The monoisotopic (exact) mass is 281 g/mol. The average molecular weight is 281 g/mol. The van der Waals surface area contributed by atoms with E-state index in [0.717, 1.165) is 19.3 Å². The van der Waals surface area contributed by atoms with E-state index < -0.39 is 11.2 Å². The highest BCUT2D eigenvalue weighted by atomic mass is 32.1. The molecule has 1 fully saturated rings. The molecule has 0 aromatic carbocycles. The van der Waals surface area contributed by atoms with E-state index in [2.05, 4.69) is 10.2 Å². The number of ether oxygens (including phenoxy) is 1. The van der Waals surface area contributed by atoms with Gasteiger partial charge in [-0.3, -0.25) is 0 Å². The summed E-state index contributed by atoms with van der Waals surface area (Å²) in [5.41, 5.74) is 5.62. The quantitative estimate of drug-likeness (QED) is 0.920. The molecule has 0 saturated heterocycles. The minimum atomic E-state index is -4.45. The Morgan fingerprint density at radius 1 is 1.28 bits per heavy atom. The summed E-state index contributed by atoms with van der Waals surface area (Å²) < 4.78 is 42.2. The number of aromatic nitrogens is 2. The van der Waals surface area contributed by atoms with Crippen molar-refractivity contribution >= 4 is 11.3 Å². The van der Waals surface area contributed by atoms with Crippen LogP contribution in [0.15, 0.2) is 0 Å². The van der Waals surface area contributed by atoms with Crippen molar-refractivity contribution in [3.63, 3.8) is 0 Å². The first-order chi connectivity index (χ1) is 8.50. The Balaban J connectivity index is 1.89. The first-order valence-corrected chi connectivity index (χ1v) is 6.56. The Labute approximate surface area is 106 Å². The van der Waals surface area contributed by atoms with Crippen LogP contribution in [0.5, 0.6) is 5.19 Å². The summed E-state index contributed by atoms with van der Waals surface area (Å²) in [7, 11) is 0. The number of rotatable bonds is 4. The van der Waals surface area contributed by atoms with Crippen LogP contribution in [0.2, 0.25) is 0 Å². The van der Waals surface area contributed by atoms with Crippen LogP contribution in [0.25, 0.3) is 0 Å². The molecule has 0 aliphatic heterocycles. The molecule has 1 saturated carbocycles. The smallest absolute Gasteiger partial charge is 0.445 e. The number of hydrogen-bond acceptors (Lipinski definition) is 5. The lowest BCUT2D eigenvalue weighted by Gasteiger charge is -2.16. The molecule has 0 bridgehead atoms. The van der Waals surface area contributed by atoms with E-state index in [1.54, 1.807) is 0 Å². The predicted octanol–water partition coefficient (Wildman–Crippen LogP) is 2.31. The van der Waals surface area contributed by atoms with Crippen molar-refractivity contribution in [1.82, 2.24) is 10.2 Å². The van der Waals surface area contributed by atoms with Gasteiger partial charge in [0.05, 0.1) is 6.61 Å².